The summed E-state index contributed by atoms with van der Waals surface area (Å²) in [5.41, 5.74) is 6.18. The fourth-order valence-corrected chi connectivity index (χ4v) is 2.32. The van der Waals surface area contributed by atoms with Crippen LogP contribution in [0.25, 0.3) is 0 Å². The van der Waals surface area contributed by atoms with E-state index in [-0.39, 0.29) is 0 Å². The minimum absolute atomic E-state index is 0.312. The fraction of sp³-hybridized carbons (Fsp3) is 0.364. The predicted octanol–water partition coefficient (Wildman–Crippen LogP) is 2.32. The molecule has 1 fully saturated rings. The summed E-state index contributed by atoms with van der Waals surface area (Å²) in [6.45, 7) is 0.312. The second kappa shape index (κ2) is 4.43. The van der Waals surface area contributed by atoms with E-state index in [0.29, 0.717) is 23.4 Å². The van der Waals surface area contributed by atoms with Crippen molar-refractivity contribution in [3.8, 4) is 0 Å². The van der Waals surface area contributed by atoms with Crippen LogP contribution >= 0.6 is 15.9 Å². The molecule has 16 heavy (non-hydrogen) atoms. The summed E-state index contributed by atoms with van der Waals surface area (Å²) < 4.78 is 1.05. The lowest BCUT2D eigenvalue weighted by Gasteiger charge is -2.11. The van der Waals surface area contributed by atoms with Gasteiger partial charge in [-0.3, -0.25) is 5.21 Å². The van der Waals surface area contributed by atoms with Gasteiger partial charge in [0, 0.05) is 4.47 Å². The Hall–Kier alpha value is -1.07. The monoisotopic (exact) mass is 284 g/mol. The van der Waals surface area contributed by atoms with Crippen molar-refractivity contribution in [1.29, 1.82) is 0 Å². The topological polar surface area (TPSA) is 66.6 Å². The number of hydrogen-bond donors (Lipinski definition) is 2. The molecule has 86 valence electrons. The van der Waals surface area contributed by atoms with Gasteiger partial charge in [-0.2, -0.15) is 0 Å². The minimum Gasteiger partial charge on any atom is -0.350 e. The number of carbonyl (C=O) groups is 1. The molecule has 1 aliphatic carbocycles. The smallest absolute Gasteiger partial charge is 0.338 e. The molecule has 0 saturated heterocycles. The van der Waals surface area contributed by atoms with Crippen LogP contribution in [0.3, 0.4) is 0 Å². The van der Waals surface area contributed by atoms with Crippen LogP contribution in [0.5, 0.6) is 0 Å². The number of hydroxylamine groups is 2. The number of urea groups is 1. The summed E-state index contributed by atoms with van der Waals surface area (Å²) in [6, 6.07) is 7.29. The number of nitrogens with zero attached hydrogens (tertiary/aromatic N) is 1. The van der Waals surface area contributed by atoms with Gasteiger partial charge in [-0.15, -0.1) is 0 Å². The highest BCUT2D eigenvalue weighted by Crippen LogP contribution is 2.48. The average Bonchev–Trinajstić information content (AvgIpc) is 2.97. The van der Waals surface area contributed by atoms with Gasteiger partial charge >= 0.3 is 6.03 Å². The van der Waals surface area contributed by atoms with Gasteiger partial charge in [0.05, 0.1) is 6.54 Å². The second-order valence-electron chi connectivity index (χ2n) is 4.08. The van der Waals surface area contributed by atoms with Crippen LogP contribution in [0.4, 0.5) is 4.79 Å². The lowest BCUT2D eigenvalue weighted by Crippen LogP contribution is -2.34. The van der Waals surface area contributed by atoms with Crippen molar-refractivity contribution in [2.75, 3.05) is 6.54 Å². The molecule has 2 rings (SSSR count). The van der Waals surface area contributed by atoms with Gasteiger partial charge in [-0.25, -0.2) is 9.86 Å². The molecule has 0 aliphatic heterocycles. The highest BCUT2D eigenvalue weighted by atomic mass is 79.9. The molecular formula is C11H13BrN2O2. The van der Waals surface area contributed by atoms with Crippen molar-refractivity contribution in [3.05, 3.63) is 34.3 Å². The maximum Gasteiger partial charge on any atom is 0.338 e. The first-order valence-electron chi connectivity index (χ1n) is 5.09. The molecule has 5 heteroatoms. The number of nitrogens with two attached hydrogens (primary N) is 1. The molecule has 2 amide bonds. The van der Waals surface area contributed by atoms with Crippen LogP contribution in [0.15, 0.2) is 28.7 Å². The van der Waals surface area contributed by atoms with E-state index in [1.54, 1.807) is 0 Å². The van der Waals surface area contributed by atoms with Crippen molar-refractivity contribution in [1.82, 2.24) is 5.06 Å². The molecule has 1 aromatic carbocycles. The molecule has 4 nitrogen and oxygen atoms in total. The van der Waals surface area contributed by atoms with Crippen LogP contribution in [-0.2, 0) is 0 Å². The standard InChI is InChI=1S/C11H13BrN2O2/c12-9-3-1-2-7(4-9)10-5-8(10)6-14(16)11(13)15/h1-4,8,10,16H,5-6H2,(H2,13,15)/t8-,10-/m0/s1. The van der Waals surface area contributed by atoms with Gasteiger partial charge in [0.1, 0.15) is 0 Å². The SMILES string of the molecule is NC(=O)N(O)C[C@@H]1C[C@H]1c1cccc(Br)c1. The zero-order valence-corrected chi connectivity index (χ0v) is 10.2. The number of halogens is 1. The molecule has 1 aromatic rings. The molecule has 0 bridgehead atoms. The third-order valence-electron chi connectivity index (χ3n) is 2.86. The maximum atomic E-state index is 10.7. The third kappa shape index (κ3) is 2.54. The molecule has 1 aliphatic rings. The number of rotatable bonds is 3. The maximum absolute atomic E-state index is 10.7. The second-order valence-corrected chi connectivity index (χ2v) is 4.99. The predicted molar refractivity (Wildman–Crippen MR) is 63.1 cm³/mol. The van der Waals surface area contributed by atoms with E-state index in [1.165, 1.54) is 5.56 Å². The van der Waals surface area contributed by atoms with Gasteiger partial charge in [0.2, 0.25) is 0 Å². The Labute approximate surface area is 102 Å². The first-order valence-corrected chi connectivity index (χ1v) is 5.88. The normalized spacial score (nSPS) is 22.9. The first-order chi connectivity index (χ1) is 7.58. The fourth-order valence-electron chi connectivity index (χ4n) is 1.91. The van der Waals surface area contributed by atoms with Crippen molar-refractivity contribution in [2.45, 2.75) is 12.3 Å². The molecule has 0 radical (unpaired) electrons. The van der Waals surface area contributed by atoms with E-state index < -0.39 is 6.03 Å². The van der Waals surface area contributed by atoms with E-state index in [9.17, 15) is 10.0 Å². The molecule has 2 atom stereocenters. The summed E-state index contributed by atoms with van der Waals surface area (Å²) >= 11 is 3.42. The average molecular weight is 285 g/mol. The van der Waals surface area contributed by atoms with Crippen molar-refractivity contribution in [2.24, 2.45) is 11.7 Å². The molecule has 0 aromatic heterocycles. The van der Waals surface area contributed by atoms with E-state index in [1.807, 2.05) is 12.1 Å². The Morgan fingerprint density at radius 1 is 1.62 bits per heavy atom. The number of amides is 2. The highest BCUT2D eigenvalue weighted by Gasteiger charge is 2.39. The summed E-state index contributed by atoms with van der Waals surface area (Å²) in [7, 11) is 0. The Morgan fingerprint density at radius 3 is 3.00 bits per heavy atom. The van der Waals surface area contributed by atoms with Gasteiger partial charge in [0.25, 0.3) is 0 Å². The minimum atomic E-state index is -0.792. The Kier molecular flexibility index (Phi) is 3.16. The van der Waals surface area contributed by atoms with Crippen LogP contribution in [0.2, 0.25) is 0 Å². The van der Waals surface area contributed by atoms with Gasteiger partial charge in [0.15, 0.2) is 0 Å². The molecule has 3 N–H and O–H groups in total. The lowest BCUT2D eigenvalue weighted by atomic mass is 10.1. The van der Waals surface area contributed by atoms with Gasteiger partial charge in [-0.05, 0) is 36.0 Å². The van der Waals surface area contributed by atoms with E-state index in [4.69, 9.17) is 5.73 Å². The highest BCUT2D eigenvalue weighted by molar-refractivity contribution is 9.10. The molecule has 0 heterocycles. The lowest BCUT2D eigenvalue weighted by molar-refractivity contribution is -0.0431. The van der Waals surface area contributed by atoms with Crippen molar-refractivity contribution >= 4 is 22.0 Å². The Morgan fingerprint density at radius 2 is 2.38 bits per heavy atom. The number of primary amides is 1. The number of hydrogen-bond acceptors (Lipinski definition) is 2. The van der Waals surface area contributed by atoms with Crippen molar-refractivity contribution in [3.63, 3.8) is 0 Å². The summed E-state index contributed by atoms with van der Waals surface area (Å²) in [5, 5.41) is 9.79. The van der Waals surface area contributed by atoms with E-state index in [0.717, 1.165) is 10.9 Å². The van der Waals surface area contributed by atoms with E-state index in [2.05, 4.69) is 28.1 Å². The van der Waals surface area contributed by atoms with Gasteiger partial charge < -0.3 is 5.73 Å². The first kappa shape index (κ1) is 11.4. The summed E-state index contributed by atoms with van der Waals surface area (Å²) in [4.78, 5) is 10.7. The largest absolute Gasteiger partial charge is 0.350 e. The third-order valence-corrected chi connectivity index (χ3v) is 3.35. The zero-order chi connectivity index (χ0) is 11.7. The zero-order valence-electron chi connectivity index (χ0n) is 8.64. The number of carbonyl (C=O) groups excluding carboxylic acids is 1. The summed E-state index contributed by atoms with van der Waals surface area (Å²) in [6.07, 6.45) is 0.987. The Balaban J connectivity index is 1.94. The Bertz CT molecular complexity index is 411. The molecule has 1 saturated carbocycles. The number of benzene rings is 1. The van der Waals surface area contributed by atoms with Crippen LogP contribution < -0.4 is 5.73 Å². The van der Waals surface area contributed by atoms with Crippen LogP contribution in [0.1, 0.15) is 17.9 Å². The van der Waals surface area contributed by atoms with Crippen molar-refractivity contribution < 1.29 is 10.0 Å². The van der Waals surface area contributed by atoms with Gasteiger partial charge in [-0.1, -0.05) is 28.1 Å². The van der Waals surface area contributed by atoms with Crippen LogP contribution in [-0.4, -0.2) is 22.8 Å². The molecule has 0 unspecified atom stereocenters. The molecular weight excluding hydrogens is 272 g/mol. The van der Waals surface area contributed by atoms with E-state index >= 15 is 0 Å². The quantitative estimate of drug-likeness (QED) is 0.661. The molecule has 0 spiro atoms. The van der Waals surface area contributed by atoms with Crippen LogP contribution in [0, 0.1) is 5.92 Å². The summed E-state index contributed by atoms with van der Waals surface area (Å²) in [5.74, 6) is 0.735.